The van der Waals surface area contributed by atoms with Crippen LogP contribution in [0.4, 0.5) is 13.2 Å². The molecule has 7 heteroatoms. The maximum Gasteiger partial charge on any atom is 0.416 e. The summed E-state index contributed by atoms with van der Waals surface area (Å²) in [6.07, 6.45) is -2.50. The average Bonchev–Trinajstić information content (AvgIpc) is 2.76. The summed E-state index contributed by atoms with van der Waals surface area (Å²) in [7, 11) is 0. The van der Waals surface area contributed by atoms with Gasteiger partial charge in [0.2, 0.25) is 0 Å². The van der Waals surface area contributed by atoms with Crippen molar-refractivity contribution in [3.8, 4) is 5.75 Å². The predicted molar refractivity (Wildman–Crippen MR) is 115 cm³/mol. The minimum Gasteiger partial charge on any atom is -0.482 e. The van der Waals surface area contributed by atoms with Gasteiger partial charge in [0.25, 0.3) is 0 Å². The van der Waals surface area contributed by atoms with E-state index in [-0.39, 0.29) is 0 Å². The topological polar surface area (TPSA) is 46.5 Å². The number of rotatable bonds is 8. The highest BCUT2D eigenvalue weighted by Crippen LogP contribution is 2.33. The van der Waals surface area contributed by atoms with Crippen molar-refractivity contribution in [2.75, 3.05) is 12.4 Å². The Hall–Kier alpha value is -3.19. The van der Waals surface area contributed by atoms with Crippen molar-refractivity contribution in [1.29, 1.82) is 0 Å². The first kappa shape index (κ1) is 22.5. The van der Waals surface area contributed by atoms with E-state index in [1.54, 1.807) is 18.2 Å². The molecule has 160 valence electrons. The van der Waals surface area contributed by atoms with Gasteiger partial charge >= 0.3 is 12.1 Å². The van der Waals surface area contributed by atoms with E-state index in [0.717, 1.165) is 28.2 Å². The van der Waals surface area contributed by atoms with E-state index in [1.165, 1.54) is 17.8 Å². The quantitative estimate of drug-likeness (QED) is 0.409. The molecule has 0 saturated heterocycles. The lowest BCUT2D eigenvalue weighted by molar-refractivity contribution is -0.139. The molecular formula is C24H19F3O3S. The first-order chi connectivity index (χ1) is 14.8. The lowest BCUT2D eigenvalue weighted by Crippen LogP contribution is -2.09. The van der Waals surface area contributed by atoms with Crippen LogP contribution < -0.4 is 4.74 Å². The van der Waals surface area contributed by atoms with Gasteiger partial charge in [-0.1, -0.05) is 48.5 Å². The van der Waals surface area contributed by atoms with Crippen molar-refractivity contribution in [2.45, 2.75) is 11.1 Å². The number of carboxylic acids is 1. The monoisotopic (exact) mass is 444 g/mol. The van der Waals surface area contributed by atoms with Crippen LogP contribution in [-0.4, -0.2) is 23.4 Å². The molecule has 3 aromatic rings. The van der Waals surface area contributed by atoms with E-state index < -0.39 is 24.3 Å². The fraction of sp³-hybridized carbons (Fsp3) is 0.125. The highest BCUT2D eigenvalue weighted by Gasteiger charge is 2.30. The number of carboxylic acid groups (broad SMARTS) is 1. The molecule has 0 atom stereocenters. The molecule has 0 aliphatic carbocycles. The Balaban J connectivity index is 1.79. The van der Waals surface area contributed by atoms with Crippen molar-refractivity contribution >= 4 is 23.3 Å². The molecule has 1 N–H and O–H groups in total. The maximum atomic E-state index is 13.2. The molecule has 31 heavy (non-hydrogen) atoms. The Bertz CT molecular complexity index is 1050. The minimum atomic E-state index is -4.41. The predicted octanol–water partition coefficient (Wildman–Crippen LogP) is 6.39. The molecule has 0 unspecified atom stereocenters. The van der Waals surface area contributed by atoms with Crippen LogP contribution in [0.15, 0.2) is 89.8 Å². The third-order valence-electron chi connectivity index (χ3n) is 4.31. The number of alkyl halides is 3. The van der Waals surface area contributed by atoms with Crippen LogP contribution in [0.3, 0.4) is 0 Å². The summed E-state index contributed by atoms with van der Waals surface area (Å²) in [6, 6.07) is 21.6. The second-order valence-electron chi connectivity index (χ2n) is 6.53. The summed E-state index contributed by atoms with van der Waals surface area (Å²) in [6.45, 7) is -0.410. The summed E-state index contributed by atoms with van der Waals surface area (Å²) in [5.41, 5.74) is 1.37. The van der Waals surface area contributed by atoms with Crippen molar-refractivity contribution in [2.24, 2.45) is 0 Å². The molecule has 0 aliphatic rings. The maximum absolute atomic E-state index is 13.2. The van der Waals surface area contributed by atoms with Crippen LogP contribution in [0.1, 0.15) is 16.7 Å². The largest absolute Gasteiger partial charge is 0.482 e. The van der Waals surface area contributed by atoms with Gasteiger partial charge in [-0.2, -0.15) is 13.2 Å². The number of thioether (sulfide) groups is 1. The van der Waals surface area contributed by atoms with Gasteiger partial charge in [0.05, 0.1) is 5.56 Å². The normalized spacial score (nSPS) is 11.9. The number of benzene rings is 3. The van der Waals surface area contributed by atoms with E-state index >= 15 is 0 Å². The molecule has 0 radical (unpaired) electrons. The Morgan fingerprint density at radius 2 is 1.61 bits per heavy atom. The SMILES string of the molecule is O=C(O)COc1ccc(SCC=C(c2ccccc2)c2cccc(C(F)(F)F)c2)cc1. The molecule has 0 saturated carbocycles. The van der Waals surface area contributed by atoms with Crippen LogP contribution in [0.2, 0.25) is 0 Å². The van der Waals surface area contributed by atoms with Gasteiger partial charge in [-0.25, -0.2) is 4.79 Å². The van der Waals surface area contributed by atoms with Crippen LogP contribution in [0, 0.1) is 0 Å². The van der Waals surface area contributed by atoms with E-state index in [4.69, 9.17) is 9.84 Å². The smallest absolute Gasteiger partial charge is 0.416 e. The molecule has 3 rings (SSSR count). The fourth-order valence-corrected chi connectivity index (χ4v) is 3.65. The standard InChI is InChI=1S/C24H19F3O3S/c25-24(26,27)19-8-4-7-18(15-19)22(17-5-2-1-3-6-17)13-14-31-21-11-9-20(10-12-21)30-16-23(28)29/h1-13,15H,14,16H2,(H,28,29). The van der Waals surface area contributed by atoms with Crippen molar-refractivity contribution in [3.63, 3.8) is 0 Å². The molecule has 0 fully saturated rings. The van der Waals surface area contributed by atoms with Gasteiger partial charge in [-0.15, -0.1) is 11.8 Å². The zero-order valence-electron chi connectivity index (χ0n) is 16.3. The first-order valence-corrected chi connectivity index (χ1v) is 10.3. The van der Waals surface area contributed by atoms with Crippen LogP contribution in [0.5, 0.6) is 5.75 Å². The molecule has 3 nitrogen and oxygen atoms in total. The molecule has 0 aromatic heterocycles. The van der Waals surface area contributed by atoms with Crippen molar-refractivity contribution < 1.29 is 27.8 Å². The molecule has 3 aromatic carbocycles. The van der Waals surface area contributed by atoms with Crippen molar-refractivity contribution in [1.82, 2.24) is 0 Å². The molecule has 0 amide bonds. The average molecular weight is 444 g/mol. The second kappa shape index (κ2) is 10.2. The van der Waals surface area contributed by atoms with Crippen LogP contribution in [-0.2, 0) is 11.0 Å². The van der Waals surface area contributed by atoms with E-state index in [1.807, 2.05) is 48.5 Å². The zero-order chi connectivity index (χ0) is 22.3. The molecule has 0 heterocycles. The highest BCUT2D eigenvalue weighted by molar-refractivity contribution is 7.99. The Kier molecular flexibility index (Phi) is 7.41. The number of hydrogen-bond acceptors (Lipinski definition) is 3. The summed E-state index contributed by atoms with van der Waals surface area (Å²) in [4.78, 5) is 11.5. The number of aliphatic carboxylic acids is 1. The third kappa shape index (κ3) is 6.65. The van der Waals surface area contributed by atoms with Gasteiger partial charge in [0.1, 0.15) is 5.75 Å². The lowest BCUT2D eigenvalue weighted by Gasteiger charge is -2.12. The van der Waals surface area contributed by atoms with E-state index in [2.05, 4.69) is 0 Å². The molecular weight excluding hydrogens is 425 g/mol. The number of halogens is 3. The minimum absolute atomic E-state index is 0.410. The lowest BCUT2D eigenvalue weighted by atomic mass is 9.96. The summed E-state index contributed by atoms with van der Waals surface area (Å²) in [5.74, 6) is -0.0571. The number of hydrogen-bond donors (Lipinski definition) is 1. The summed E-state index contributed by atoms with van der Waals surface area (Å²) in [5, 5.41) is 8.65. The third-order valence-corrected chi connectivity index (χ3v) is 5.25. The zero-order valence-corrected chi connectivity index (χ0v) is 17.1. The highest BCUT2D eigenvalue weighted by atomic mass is 32.2. The Morgan fingerprint density at radius 3 is 2.26 bits per heavy atom. The second-order valence-corrected chi connectivity index (χ2v) is 7.62. The molecule has 0 aliphatic heterocycles. The number of ether oxygens (including phenoxy) is 1. The Morgan fingerprint density at radius 1 is 0.935 bits per heavy atom. The van der Waals surface area contributed by atoms with Gasteiger partial charge in [-0.05, 0) is 53.1 Å². The van der Waals surface area contributed by atoms with Gasteiger partial charge in [0, 0.05) is 10.6 Å². The molecule has 0 bridgehead atoms. The van der Waals surface area contributed by atoms with Crippen LogP contribution in [0.25, 0.3) is 5.57 Å². The van der Waals surface area contributed by atoms with E-state index in [0.29, 0.717) is 17.1 Å². The summed E-state index contributed by atoms with van der Waals surface area (Å²) >= 11 is 1.51. The van der Waals surface area contributed by atoms with E-state index in [9.17, 15) is 18.0 Å². The van der Waals surface area contributed by atoms with Gasteiger partial charge in [0.15, 0.2) is 6.61 Å². The number of carbonyl (C=O) groups is 1. The van der Waals surface area contributed by atoms with Crippen molar-refractivity contribution in [3.05, 3.63) is 102 Å². The first-order valence-electron chi connectivity index (χ1n) is 9.33. The fourth-order valence-electron chi connectivity index (χ4n) is 2.88. The van der Waals surface area contributed by atoms with Crippen LogP contribution >= 0.6 is 11.8 Å². The Labute approximate surface area is 182 Å². The van der Waals surface area contributed by atoms with Gasteiger partial charge in [-0.3, -0.25) is 0 Å². The molecule has 0 spiro atoms. The summed E-state index contributed by atoms with van der Waals surface area (Å²) < 4.78 is 44.6. The van der Waals surface area contributed by atoms with Gasteiger partial charge < -0.3 is 9.84 Å².